The molecule has 25 heavy (non-hydrogen) atoms. The van der Waals surface area contributed by atoms with Gasteiger partial charge in [0, 0.05) is 43.3 Å². The zero-order valence-electron chi connectivity index (χ0n) is 13.7. The zero-order valence-corrected chi connectivity index (χ0v) is 16.8. The molecule has 0 aliphatic carbocycles. The molecule has 2 aromatic rings. The summed E-state index contributed by atoms with van der Waals surface area (Å²) in [6.45, 7) is 3.81. The van der Waals surface area contributed by atoms with Gasteiger partial charge in [0.15, 0.2) is 11.1 Å². The first kappa shape index (κ1) is 19.4. The van der Waals surface area contributed by atoms with Crippen LogP contribution in [-0.4, -0.2) is 47.9 Å². The number of nitrogens with two attached hydrogens (primary N) is 2. The predicted molar refractivity (Wildman–Crippen MR) is 112 cm³/mol. The van der Waals surface area contributed by atoms with Gasteiger partial charge < -0.3 is 21.3 Å². The van der Waals surface area contributed by atoms with Gasteiger partial charge in [-0.15, -0.1) is 35.3 Å². The second-order valence-corrected chi connectivity index (χ2v) is 6.40. The molecule has 4 N–H and O–H groups in total. The van der Waals surface area contributed by atoms with E-state index in [2.05, 4.69) is 19.8 Å². The number of hydrogen-bond acceptors (Lipinski definition) is 5. The fraction of sp³-hybridized carbons (Fsp3) is 0.312. The molecule has 1 amide bonds. The number of benzene rings is 1. The van der Waals surface area contributed by atoms with E-state index in [1.54, 1.807) is 29.5 Å². The summed E-state index contributed by atoms with van der Waals surface area (Å²) >= 11 is 1.65. The van der Waals surface area contributed by atoms with E-state index in [9.17, 15) is 4.79 Å². The number of piperazine rings is 1. The number of anilines is 1. The third-order valence-corrected chi connectivity index (χ3v) is 4.76. The number of aliphatic imine (C=N–C) groups is 1. The Kier molecular flexibility index (Phi) is 7.00. The SMILES string of the molecule is I.NC(=O)c1cccc(CN=C(N)N2CCN(c3nccs3)CC2)c1. The smallest absolute Gasteiger partial charge is 0.248 e. The lowest BCUT2D eigenvalue weighted by atomic mass is 10.1. The van der Waals surface area contributed by atoms with Crippen molar-refractivity contribution in [2.45, 2.75) is 6.54 Å². The van der Waals surface area contributed by atoms with Crippen molar-refractivity contribution >= 4 is 52.3 Å². The van der Waals surface area contributed by atoms with E-state index in [-0.39, 0.29) is 24.0 Å². The van der Waals surface area contributed by atoms with Crippen LogP contribution in [0.25, 0.3) is 0 Å². The molecule has 0 spiro atoms. The maximum Gasteiger partial charge on any atom is 0.248 e. The van der Waals surface area contributed by atoms with Gasteiger partial charge in [-0.3, -0.25) is 4.79 Å². The summed E-state index contributed by atoms with van der Waals surface area (Å²) in [6, 6.07) is 7.15. The van der Waals surface area contributed by atoms with Crippen molar-refractivity contribution in [3.05, 3.63) is 47.0 Å². The van der Waals surface area contributed by atoms with Gasteiger partial charge in [0.1, 0.15) is 0 Å². The number of aromatic nitrogens is 1. The summed E-state index contributed by atoms with van der Waals surface area (Å²) in [7, 11) is 0. The fourth-order valence-corrected chi connectivity index (χ4v) is 3.29. The Balaban J connectivity index is 0.00000225. The summed E-state index contributed by atoms with van der Waals surface area (Å²) in [5, 5.41) is 3.03. The molecule has 0 atom stereocenters. The van der Waals surface area contributed by atoms with E-state index in [4.69, 9.17) is 11.5 Å². The van der Waals surface area contributed by atoms with Gasteiger partial charge in [0.25, 0.3) is 0 Å². The zero-order chi connectivity index (χ0) is 16.9. The van der Waals surface area contributed by atoms with Gasteiger partial charge >= 0.3 is 0 Å². The molecule has 1 fully saturated rings. The van der Waals surface area contributed by atoms with Crippen molar-refractivity contribution in [3.8, 4) is 0 Å². The average molecular weight is 472 g/mol. The summed E-state index contributed by atoms with van der Waals surface area (Å²) in [4.78, 5) is 24.3. The van der Waals surface area contributed by atoms with Crippen LogP contribution in [-0.2, 0) is 6.54 Å². The molecular formula is C16H21IN6OS. The number of halogens is 1. The predicted octanol–water partition coefficient (Wildman–Crippen LogP) is 1.50. The van der Waals surface area contributed by atoms with E-state index in [1.165, 1.54) is 0 Å². The van der Waals surface area contributed by atoms with E-state index in [1.807, 2.05) is 17.6 Å². The summed E-state index contributed by atoms with van der Waals surface area (Å²) in [5.41, 5.74) is 12.8. The number of amides is 1. The van der Waals surface area contributed by atoms with Crippen LogP contribution in [0.4, 0.5) is 5.13 Å². The number of hydrogen-bond donors (Lipinski definition) is 2. The minimum absolute atomic E-state index is 0. The van der Waals surface area contributed by atoms with Crippen LogP contribution in [0, 0.1) is 0 Å². The van der Waals surface area contributed by atoms with E-state index in [0.717, 1.165) is 36.9 Å². The molecule has 1 aliphatic heterocycles. The Morgan fingerprint density at radius 1 is 1.24 bits per heavy atom. The fourth-order valence-electron chi connectivity index (χ4n) is 2.59. The Morgan fingerprint density at radius 3 is 2.64 bits per heavy atom. The first-order chi connectivity index (χ1) is 11.6. The molecule has 7 nitrogen and oxygen atoms in total. The summed E-state index contributed by atoms with van der Waals surface area (Å²) in [5.74, 6) is 0.0883. The second kappa shape index (κ2) is 8.99. The lowest BCUT2D eigenvalue weighted by Crippen LogP contribution is -2.51. The van der Waals surface area contributed by atoms with Gasteiger partial charge in [0.05, 0.1) is 6.54 Å². The van der Waals surface area contributed by atoms with Crippen LogP contribution in [0.1, 0.15) is 15.9 Å². The molecule has 0 radical (unpaired) electrons. The second-order valence-electron chi connectivity index (χ2n) is 5.53. The first-order valence-electron chi connectivity index (χ1n) is 7.71. The van der Waals surface area contributed by atoms with Gasteiger partial charge in [-0.05, 0) is 17.7 Å². The highest BCUT2D eigenvalue weighted by Crippen LogP contribution is 2.18. The topological polar surface area (TPSA) is 101 Å². The van der Waals surface area contributed by atoms with Crippen LogP contribution < -0.4 is 16.4 Å². The lowest BCUT2D eigenvalue weighted by Gasteiger charge is -2.35. The molecule has 1 aliphatic rings. The molecule has 0 unspecified atom stereocenters. The van der Waals surface area contributed by atoms with Crippen molar-refractivity contribution in [2.24, 2.45) is 16.5 Å². The van der Waals surface area contributed by atoms with Gasteiger partial charge in [-0.1, -0.05) is 12.1 Å². The molecule has 1 aromatic heterocycles. The number of carbonyl (C=O) groups is 1. The number of primary amides is 1. The largest absolute Gasteiger partial charge is 0.370 e. The quantitative estimate of drug-likeness (QED) is 0.399. The number of guanidine groups is 1. The van der Waals surface area contributed by atoms with E-state index >= 15 is 0 Å². The van der Waals surface area contributed by atoms with Crippen molar-refractivity contribution in [1.29, 1.82) is 0 Å². The number of carbonyl (C=O) groups excluding carboxylic acids is 1. The van der Waals surface area contributed by atoms with Gasteiger partial charge in [-0.25, -0.2) is 9.98 Å². The summed E-state index contributed by atoms with van der Waals surface area (Å²) < 4.78 is 0. The molecule has 0 bridgehead atoms. The molecule has 2 heterocycles. The maximum absolute atomic E-state index is 11.2. The molecule has 9 heteroatoms. The van der Waals surface area contributed by atoms with Crippen LogP contribution in [0.15, 0.2) is 40.8 Å². The van der Waals surface area contributed by atoms with Crippen molar-refractivity contribution in [2.75, 3.05) is 31.1 Å². The Morgan fingerprint density at radius 2 is 2.00 bits per heavy atom. The van der Waals surface area contributed by atoms with E-state index in [0.29, 0.717) is 18.1 Å². The van der Waals surface area contributed by atoms with Crippen molar-refractivity contribution in [1.82, 2.24) is 9.88 Å². The first-order valence-corrected chi connectivity index (χ1v) is 8.59. The Bertz CT molecular complexity index is 728. The molecular weight excluding hydrogens is 451 g/mol. The molecule has 0 saturated carbocycles. The maximum atomic E-state index is 11.2. The van der Waals surface area contributed by atoms with E-state index < -0.39 is 5.91 Å². The van der Waals surface area contributed by atoms with Gasteiger partial charge in [0.2, 0.25) is 5.91 Å². The Hall–Kier alpha value is -1.88. The number of rotatable bonds is 4. The lowest BCUT2D eigenvalue weighted by molar-refractivity contribution is 0.1000. The van der Waals surface area contributed by atoms with Crippen molar-refractivity contribution in [3.63, 3.8) is 0 Å². The standard InChI is InChI=1S/C16H20N6OS.HI/c17-14(23)13-3-1-2-12(10-13)11-20-15(18)21-5-7-22(8-6-21)16-19-4-9-24-16;/h1-4,9-10H,5-8,11H2,(H2,17,23)(H2,18,20);1H. The monoisotopic (exact) mass is 472 g/mol. The minimum Gasteiger partial charge on any atom is -0.370 e. The number of thiazole rings is 1. The Labute approximate surface area is 167 Å². The van der Waals surface area contributed by atoms with Gasteiger partial charge in [-0.2, -0.15) is 0 Å². The normalized spacial score (nSPS) is 15.0. The average Bonchev–Trinajstić information content (AvgIpc) is 3.14. The van der Waals surface area contributed by atoms with Crippen LogP contribution in [0.3, 0.4) is 0 Å². The molecule has 1 saturated heterocycles. The molecule has 134 valence electrons. The summed E-state index contributed by atoms with van der Waals surface area (Å²) in [6.07, 6.45) is 1.82. The van der Waals surface area contributed by atoms with Crippen LogP contribution >= 0.6 is 35.3 Å². The molecule has 1 aromatic carbocycles. The molecule has 3 rings (SSSR count). The minimum atomic E-state index is -0.438. The highest BCUT2D eigenvalue weighted by molar-refractivity contribution is 14.0. The third-order valence-electron chi connectivity index (χ3n) is 3.93. The highest BCUT2D eigenvalue weighted by atomic mass is 127. The third kappa shape index (κ3) is 5.05. The van der Waals surface area contributed by atoms with Crippen LogP contribution in [0.5, 0.6) is 0 Å². The van der Waals surface area contributed by atoms with Crippen LogP contribution in [0.2, 0.25) is 0 Å². The van der Waals surface area contributed by atoms with Crippen molar-refractivity contribution < 1.29 is 4.79 Å². The number of nitrogens with zero attached hydrogens (tertiary/aromatic N) is 4. The highest BCUT2D eigenvalue weighted by Gasteiger charge is 2.19.